The van der Waals surface area contributed by atoms with Gasteiger partial charge < -0.3 is 0 Å². The molecule has 0 unspecified atom stereocenters. The van der Waals surface area contributed by atoms with Crippen molar-refractivity contribution in [1.29, 1.82) is 0 Å². The van der Waals surface area contributed by atoms with Crippen LogP contribution in [0.1, 0.15) is 0 Å². The van der Waals surface area contributed by atoms with Crippen molar-refractivity contribution < 1.29 is 21.7 Å². The fraction of sp³-hybridized carbons (Fsp3) is 0. The van der Waals surface area contributed by atoms with Crippen molar-refractivity contribution in [2.45, 2.75) is 0 Å². The van der Waals surface area contributed by atoms with Gasteiger partial charge in [0.2, 0.25) is 0 Å². The van der Waals surface area contributed by atoms with Crippen molar-refractivity contribution in [1.82, 2.24) is 0 Å². The first-order valence-corrected chi connectivity index (χ1v) is 0.507. The topological polar surface area (TPSA) is 20.2 Å². The summed E-state index contributed by atoms with van der Waals surface area (Å²) in [6.07, 6.45) is 0. The smallest absolute Gasteiger partial charge is 0 e. The molecular weight excluding hydrogens is 155 g/mol. The van der Waals surface area contributed by atoms with E-state index in [1.54, 1.807) is 0 Å². The Labute approximate surface area is 70.4 Å². The molecule has 0 atom stereocenters. The Balaban J connectivity index is -0.00000000500. The van der Waals surface area contributed by atoms with E-state index >= 15 is 0 Å². The zero-order valence-electron chi connectivity index (χ0n) is 1.13. The van der Waals surface area contributed by atoms with Crippen LogP contribution < -0.4 is 0 Å². The van der Waals surface area contributed by atoms with Crippen LogP contribution in [-0.4, -0.2) is 42.4 Å². The molecule has 0 bridgehead atoms. The minimum Gasteiger partial charge on any atom is 0 e. The summed E-state index contributed by atoms with van der Waals surface area (Å²) < 4.78 is 6.47. The Morgan fingerprint density at radius 1 is 1.25 bits per heavy atom. The Bertz CT molecular complexity index is 8.00. The zero-order valence-corrected chi connectivity index (χ0v) is 2.82. The first-order valence-electron chi connectivity index (χ1n) is 0.169. The molecule has 4 heteroatoms. The molecule has 1 N–H and O–H groups in total. The van der Waals surface area contributed by atoms with Crippen LogP contribution in [0.15, 0.2) is 0 Å². The van der Waals surface area contributed by atoms with E-state index in [1.807, 2.05) is 0 Å². The van der Waals surface area contributed by atoms with Crippen molar-refractivity contribution >= 4 is 49.6 Å². The van der Waals surface area contributed by atoms with Crippen LogP contribution in [0.2, 0.25) is 0 Å². The van der Waals surface area contributed by atoms with Crippen molar-refractivity contribution in [3.8, 4) is 0 Å². The second-order valence-electron chi connectivity index (χ2n) is 0. The maximum Gasteiger partial charge on any atom is 0 e. The van der Waals surface area contributed by atoms with Crippen LogP contribution in [0.4, 0.5) is 0 Å². The molecule has 0 aliphatic carbocycles. The van der Waals surface area contributed by atoms with E-state index in [0.29, 0.717) is 0 Å². The maximum atomic E-state index is 6.47. The molecular formula is H3CaClCuO. The minimum atomic E-state index is 0. The summed E-state index contributed by atoms with van der Waals surface area (Å²) in [7, 11) is 0. The fourth-order valence-electron chi connectivity index (χ4n) is 0. The van der Waals surface area contributed by atoms with Crippen LogP contribution in [0, 0.1) is 0 Å². The molecule has 0 saturated carbocycles. The molecule has 0 spiro atoms. The van der Waals surface area contributed by atoms with Gasteiger partial charge in [-0.1, -0.05) is 0 Å². The predicted molar refractivity (Wildman–Crippen MR) is 16.6 cm³/mol. The Morgan fingerprint density at radius 2 is 1.25 bits per heavy atom. The summed E-state index contributed by atoms with van der Waals surface area (Å²) >= 11 is 3.64. The summed E-state index contributed by atoms with van der Waals surface area (Å²) in [5, 5.41) is 0. The summed E-state index contributed by atoms with van der Waals surface area (Å²) in [6, 6.07) is 0. The van der Waals surface area contributed by atoms with Gasteiger partial charge in [-0.05, 0) is 0 Å². The maximum absolute atomic E-state index is 6.47. The molecule has 1 nitrogen and oxygen atoms in total. The van der Waals surface area contributed by atoms with E-state index in [4.69, 9.17) is 4.66 Å². The third-order valence-electron chi connectivity index (χ3n) is 0. The summed E-state index contributed by atoms with van der Waals surface area (Å²) in [4.78, 5) is 0. The van der Waals surface area contributed by atoms with Crippen LogP contribution in [0.3, 0.4) is 0 Å². The number of hydrogen-bond donors (Lipinski definition) is 1. The van der Waals surface area contributed by atoms with Crippen molar-refractivity contribution in [2.24, 2.45) is 0 Å². The first-order chi connectivity index (χ1) is 1.00. The molecule has 0 saturated heterocycles. The van der Waals surface area contributed by atoms with E-state index in [9.17, 15) is 0 Å². The van der Waals surface area contributed by atoms with Crippen molar-refractivity contribution in [3.63, 3.8) is 0 Å². The Kier molecular flexibility index (Phi) is 82.4. The van der Waals surface area contributed by atoms with Crippen molar-refractivity contribution in [3.05, 3.63) is 0 Å². The van der Waals surface area contributed by atoms with E-state index in [2.05, 4.69) is 11.9 Å². The second-order valence-corrected chi connectivity index (χ2v) is 0. The predicted octanol–water partition coefficient (Wildman–Crippen LogP) is -0.786. The molecule has 0 aromatic carbocycles. The third kappa shape index (κ3) is 8.98. The SMILES string of the molecule is OCl.[CaH2].[Cu]. The Morgan fingerprint density at radius 3 is 1.25 bits per heavy atom. The third-order valence-corrected chi connectivity index (χ3v) is 0. The molecule has 1 radical (unpaired) electrons. The van der Waals surface area contributed by atoms with Gasteiger partial charge in [0.15, 0.2) is 0 Å². The van der Waals surface area contributed by atoms with E-state index in [-0.39, 0.29) is 54.8 Å². The van der Waals surface area contributed by atoms with Gasteiger partial charge in [0.1, 0.15) is 0 Å². The number of rotatable bonds is 0. The average Bonchev–Trinajstić information content (AvgIpc) is 1.00. The Hall–Kier alpha value is 2.03. The van der Waals surface area contributed by atoms with E-state index in [0.717, 1.165) is 0 Å². The normalized spacial score (nSPS) is 1.50. The van der Waals surface area contributed by atoms with Gasteiger partial charge in [0, 0.05) is 17.1 Å². The van der Waals surface area contributed by atoms with Crippen LogP contribution in [0.25, 0.3) is 0 Å². The summed E-state index contributed by atoms with van der Waals surface area (Å²) in [5.74, 6) is 0. The molecule has 4 heavy (non-hydrogen) atoms. The zero-order chi connectivity index (χ0) is 2.00. The quantitative estimate of drug-likeness (QED) is 0.458. The largest absolute Gasteiger partial charge is 0 e. The summed E-state index contributed by atoms with van der Waals surface area (Å²) in [5.41, 5.74) is 0. The van der Waals surface area contributed by atoms with Gasteiger partial charge in [-0.25, -0.2) is 0 Å². The molecule has 0 aromatic rings. The second kappa shape index (κ2) is 19.8. The molecule has 0 heterocycles. The van der Waals surface area contributed by atoms with E-state index < -0.39 is 0 Å². The van der Waals surface area contributed by atoms with Gasteiger partial charge >= 0.3 is 37.7 Å². The first kappa shape index (κ1) is 16.6. The van der Waals surface area contributed by atoms with Crippen LogP contribution in [-0.2, 0) is 17.1 Å². The van der Waals surface area contributed by atoms with Crippen molar-refractivity contribution in [2.75, 3.05) is 0 Å². The number of hydrogen-bond acceptors (Lipinski definition) is 1. The van der Waals surface area contributed by atoms with Gasteiger partial charge in [0.05, 0.1) is 11.9 Å². The molecule has 0 fully saturated rings. The summed E-state index contributed by atoms with van der Waals surface area (Å²) in [6.45, 7) is 0. The number of halogens is 1. The van der Waals surface area contributed by atoms with Gasteiger partial charge in [-0.3, -0.25) is 4.66 Å². The molecule has 0 aliphatic heterocycles. The average molecular weight is 158 g/mol. The molecule has 0 amide bonds. The standard InChI is InChI=1S/Ca.ClHO.Cu.2H/c;1-2;;;/h;2H;;;. The van der Waals surface area contributed by atoms with Crippen LogP contribution >= 0.6 is 11.9 Å². The molecule has 29 valence electrons. The monoisotopic (exact) mass is 157 g/mol. The van der Waals surface area contributed by atoms with Gasteiger partial charge in [0.25, 0.3) is 0 Å². The minimum absolute atomic E-state index is 0. The molecule has 0 rings (SSSR count). The van der Waals surface area contributed by atoms with E-state index in [1.165, 1.54) is 0 Å². The van der Waals surface area contributed by atoms with Crippen LogP contribution in [0.5, 0.6) is 0 Å². The van der Waals surface area contributed by atoms with Gasteiger partial charge in [-0.2, -0.15) is 0 Å². The molecule has 0 aliphatic rings. The molecule has 0 aromatic heterocycles. The fourth-order valence-corrected chi connectivity index (χ4v) is 0. The van der Waals surface area contributed by atoms with Gasteiger partial charge in [-0.15, -0.1) is 0 Å².